The van der Waals surface area contributed by atoms with E-state index in [1.165, 1.54) is 19.4 Å². The zero-order valence-corrected chi connectivity index (χ0v) is 14.6. The number of carboxylic acids is 1. The Labute approximate surface area is 154 Å². The van der Waals surface area contributed by atoms with E-state index in [-0.39, 0.29) is 5.91 Å². The molecule has 0 aromatic heterocycles. The molecule has 2 fully saturated rings. The van der Waals surface area contributed by atoms with Gasteiger partial charge in [-0.05, 0) is 44.0 Å². The third-order valence-electron chi connectivity index (χ3n) is 4.57. The van der Waals surface area contributed by atoms with Gasteiger partial charge in [0.05, 0.1) is 11.6 Å². The maximum atomic E-state index is 12.6. The van der Waals surface area contributed by atoms with Crippen LogP contribution in [0.15, 0.2) is 24.3 Å². The van der Waals surface area contributed by atoms with E-state index < -0.39 is 12.1 Å². The van der Waals surface area contributed by atoms with Crippen molar-refractivity contribution in [1.82, 2.24) is 9.80 Å². The highest BCUT2D eigenvalue weighted by molar-refractivity contribution is 5.94. The Hall–Kier alpha value is -2.60. The number of hydrogen-bond acceptors (Lipinski definition) is 4. The molecule has 6 nitrogen and oxygen atoms in total. The first-order valence-electron chi connectivity index (χ1n) is 8.56. The summed E-state index contributed by atoms with van der Waals surface area (Å²) < 4.78 is 31.7. The van der Waals surface area contributed by atoms with Crippen molar-refractivity contribution >= 4 is 11.9 Å². The Morgan fingerprint density at radius 2 is 1.85 bits per heavy atom. The number of rotatable bonds is 1. The number of amides is 1. The third kappa shape index (κ3) is 5.69. The van der Waals surface area contributed by atoms with Crippen molar-refractivity contribution in [2.45, 2.75) is 31.5 Å². The number of benzene rings is 1. The van der Waals surface area contributed by atoms with Gasteiger partial charge >= 0.3 is 12.1 Å². The first kappa shape index (κ1) is 20.7. The standard InChI is InChI=1S/C16H19N3O.C2HF3O2/c17-11-13-4-1-5-14(10-13)16(20)19-9-3-8-18-7-2-6-15(18)12-19;3-2(4,5)1(6)7/h1,4-5,10,15H,2-3,6-9,12H2;(H,6,7). The monoisotopic (exact) mass is 383 g/mol. The second kappa shape index (κ2) is 8.86. The number of hydrogen-bond donors (Lipinski definition) is 1. The molecule has 146 valence electrons. The van der Waals surface area contributed by atoms with Crippen molar-refractivity contribution < 1.29 is 27.9 Å². The van der Waals surface area contributed by atoms with Crippen LogP contribution in [0, 0.1) is 11.3 Å². The number of fused-ring (bicyclic) bond motifs is 1. The smallest absolute Gasteiger partial charge is 0.475 e. The van der Waals surface area contributed by atoms with Crippen LogP contribution in [0.3, 0.4) is 0 Å². The number of halogens is 3. The van der Waals surface area contributed by atoms with Gasteiger partial charge in [0.25, 0.3) is 5.91 Å². The highest BCUT2D eigenvalue weighted by Gasteiger charge is 2.38. The molecule has 0 radical (unpaired) electrons. The molecule has 0 saturated carbocycles. The molecule has 2 aliphatic rings. The number of nitriles is 1. The lowest BCUT2D eigenvalue weighted by atomic mass is 10.1. The van der Waals surface area contributed by atoms with Crippen LogP contribution in [0.5, 0.6) is 0 Å². The summed E-state index contributed by atoms with van der Waals surface area (Å²) in [4.78, 5) is 26.0. The number of alkyl halides is 3. The summed E-state index contributed by atoms with van der Waals surface area (Å²) in [5, 5.41) is 16.1. The highest BCUT2D eigenvalue weighted by Crippen LogP contribution is 2.22. The molecule has 1 atom stereocenters. The molecule has 1 aromatic carbocycles. The largest absolute Gasteiger partial charge is 0.490 e. The summed E-state index contributed by atoms with van der Waals surface area (Å²) in [6, 6.07) is 9.64. The van der Waals surface area contributed by atoms with Crippen LogP contribution >= 0.6 is 0 Å². The first-order chi connectivity index (χ1) is 12.7. The van der Waals surface area contributed by atoms with Crippen molar-refractivity contribution in [3.05, 3.63) is 35.4 Å². The number of carbonyl (C=O) groups excluding carboxylic acids is 1. The summed E-state index contributed by atoms with van der Waals surface area (Å²) in [6.07, 6.45) is -1.60. The van der Waals surface area contributed by atoms with E-state index >= 15 is 0 Å². The molecule has 0 spiro atoms. The number of carbonyl (C=O) groups is 2. The Morgan fingerprint density at radius 3 is 2.48 bits per heavy atom. The maximum Gasteiger partial charge on any atom is 0.490 e. The fourth-order valence-electron chi connectivity index (χ4n) is 3.30. The van der Waals surface area contributed by atoms with Gasteiger partial charge in [-0.1, -0.05) is 6.07 Å². The SMILES string of the molecule is N#Cc1cccc(C(=O)N2CCCN3CCCC3C2)c1.O=C(O)C(F)(F)F. The molecule has 2 heterocycles. The summed E-state index contributed by atoms with van der Waals surface area (Å²) >= 11 is 0. The van der Waals surface area contributed by atoms with Crippen LogP contribution in [0.25, 0.3) is 0 Å². The van der Waals surface area contributed by atoms with Crippen molar-refractivity contribution in [3.63, 3.8) is 0 Å². The summed E-state index contributed by atoms with van der Waals surface area (Å²) in [7, 11) is 0. The zero-order valence-electron chi connectivity index (χ0n) is 14.6. The van der Waals surface area contributed by atoms with Gasteiger partial charge in [-0.15, -0.1) is 0 Å². The molecule has 0 aliphatic carbocycles. The average molecular weight is 383 g/mol. The summed E-state index contributed by atoms with van der Waals surface area (Å²) in [5.41, 5.74) is 1.18. The van der Waals surface area contributed by atoms with Crippen molar-refractivity contribution in [1.29, 1.82) is 5.26 Å². The van der Waals surface area contributed by atoms with Gasteiger partial charge in [-0.25, -0.2) is 4.79 Å². The normalized spacial score (nSPS) is 19.9. The van der Waals surface area contributed by atoms with Crippen molar-refractivity contribution in [3.8, 4) is 6.07 Å². The van der Waals surface area contributed by atoms with E-state index in [4.69, 9.17) is 15.2 Å². The molecule has 1 amide bonds. The predicted molar refractivity (Wildman–Crippen MR) is 90.0 cm³/mol. The molecule has 2 aliphatic heterocycles. The fraction of sp³-hybridized carbons (Fsp3) is 0.500. The van der Waals surface area contributed by atoms with E-state index in [0.29, 0.717) is 17.2 Å². The molecule has 2 saturated heterocycles. The van der Waals surface area contributed by atoms with Gasteiger partial charge < -0.3 is 10.0 Å². The quantitative estimate of drug-likeness (QED) is 0.806. The topological polar surface area (TPSA) is 84.6 Å². The van der Waals surface area contributed by atoms with Gasteiger partial charge in [0.15, 0.2) is 0 Å². The minimum Gasteiger partial charge on any atom is -0.475 e. The lowest BCUT2D eigenvalue weighted by Gasteiger charge is -2.25. The van der Waals surface area contributed by atoms with Crippen LogP contribution in [-0.2, 0) is 4.79 Å². The third-order valence-corrected chi connectivity index (χ3v) is 4.57. The Kier molecular flexibility index (Phi) is 6.80. The summed E-state index contributed by atoms with van der Waals surface area (Å²) in [5.74, 6) is -2.69. The van der Waals surface area contributed by atoms with Crippen LogP contribution in [0.2, 0.25) is 0 Å². The zero-order chi connectivity index (χ0) is 20.0. The van der Waals surface area contributed by atoms with E-state index in [9.17, 15) is 18.0 Å². The lowest BCUT2D eigenvalue weighted by Crippen LogP contribution is -2.39. The van der Waals surface area contributed by atoms with Crippen molar-refractivity contribution in [2.24, 2.45) is 0 Å². The van der Waals surface area contributed by atoms with Crippen LogP contribution in [0.4, 0.5) is 13.2 Å². The molecule has 1 unspecified atom stereocenters. The van der Waals surface area contributed by atoms with E-state index in [0.717, 1.165) is 26.1 Å². The van der Waals surface area contributed by atoms with Crippen LogP contribution < -0.4 is 0 Å². The average Bonchev–Trinajstić information content (AvgIpc) is 2.97. The molecular formula is C18H20F3N3O3. The van der Waals surface area contributed by atoms with Gasteiger partial charge in [-0.3, -0.25) is 9.69 Å². The van der Waals surface area contributed by atoms with Crippen LogP contribution in [-0.4, -0.2) is 65.2 Å². The minimum atomic E-state index is -5.08. The molecule has 1 N–H and O–H groups in total. The Bertz CT molecular complexity index is 731. The molecule has 3 rings (SSSR count). The van der Waals surface area contributed by atoms with Gasteiger partial charge in [0.1, 0.15) is 0 Å². The van der Waals surface area contributed by atoms with Gasteiger partial charge in [0.2, 0.25) is 0 Å². The fourth-order valence-corrected chi connectivity index (χ4v) is 3.30. The number of nitrogens with zero attached hydrogens (tertiary/aromatic N) is 3. The predicted octanol–water partition coefficient (Wildman–Crippen LogP) is 2.50. The molecular weight excluding hydrogens is 363 g/mol. The maximum absolute atomic E-state index is 12.6. The van der Waals surface area contributed by atoms with E-state index in [1.54, 1.807) is 24.3 Å². The molecule has 0 bridgehead atoms. The molecule has 1 aromatic rings. The number of carboxylic acid groups (broad SMARTS) is 1. The Balaban J connectivity index is 0.000000321. The molecule has 27 heavy (non-hydrogen) atoms. The van der Waals surface area contributed by atoms with Gasteiger partial charge in [-0.2, -0.15) is 18.4 Å². The summed E-state index contributed by atoms with van der Waals surface area (Å²) in [6.45, 7) is 3.93. The highest BCUT2D eigenvalue weighted by atomic mass is 19.4. The van der Waals surface area contributed by atoms with E-state index in [1.807, 2.05) is 4.90 Å². The molecule has 9 heteroatoms. The lowest BCUT2D eigenvalue weighted by molar-refractivity contribution is -0.192. The minimum absolute atomic E-state index is 0.0656. The first-order valence-corrected chi connectivity index (χ1v) is 8.56. The second-order valence-corrected chi connectivity index (χ2v) is 6.43. The van der Waals surface area contributed by atoms with Crippen LogP contribution in [0.1, 0.15) is 35.2 Å². The van der Waals surface area contributed by atoms with Crippen molar-refractivity contribution in [2.75, 3.05) is 26.2 Å². The van der Waals surface area contributed by atoms with Gasteiger partial charge in [0, 0.05) is 31.2 Å². The number of aliphatic carboxylic acids is 1. The Morgan fingerprint density at radius 1 is 1.19 bits per heavy atom. The second-order valence-electron chi connectivity index (χ2n) is 6.43. The van der Waals surface area contributed by atoms with E-state index in [2.05, 4.69) is 11.0 Å².